The van der Waals surface area contributed by atoms with E-state index < -0.39 is 6.30 Å². The van der Waals surface area contributed by atoms with Crippen molar-refractivity contribution in [2.24, 2.45) is 0 Å². The van der Waals surface area contributed by atoms with E-state index in [2.05, 4.69) is 10.3 Å². The minimum Gasteiger partial charge on any atom is -0.158 e. The third-order valence-electron chi connectivity index (χ3n) is 1.82. The van der Waals surface area contributed by atoms with Gasteiger partial charge in [0.1, 0.15) is 5.69 Å². The standard InChI is InChI=1S/C9H6F3N3/c10-9(11,12)15-6-8(13-14-15)7-4-2-1-3-5-7/h1-6H. The Kier molecular flexibility index (Phi) is 2.18. The third kappa shape index (κ3) is 1.98. The van der Waals surface area contributed by atoms with E-state index in [9.17, 15) is 13.2 Å². The van der Waals surface area contributed by atoms with E-state index in [4.69, 9.17) is 0 Å². The van der Waals surface area contributed by atoms with E-state index in [1.54, 1.807) is 30.3 Å². The molecule has 0 saturated carbocycles. The summed E-state index contributed by atoms with van der Waals surface area (Å²) < 4.78 is 36.4. The summed E-state index contributed by atoms with van der Waals surface area (Å²) in [5.74, 6) is 0. The SMILES string of the molecule is FC(F)(F)n1cc(-c2ccccc2)nn1. The largest absolute Gasteiger partial charge is 0.505 e. The maximum absolute atomic E-state index is 12.2. The highest BCUT2D eigenvalue weighted by Gasteiger charge is 2.32. The minimum absolute atomic E-state index is 0.116. The molecule has 0 unspecified atom stereocenters. The van der Waals surface area contributed by atoms with Crippen LogP contribution in [-0.4, -0.2) is 15.0 Å². The van der Waals surface area contributed by atoms with Crippen LogP contribution in [-0.2, 0) is 6.30 Å². The van der Waals surface area contributed by atoms with Crippen LogP contribution in [0.1, 0.15) is 0 Å². The molecule has 0 saturated heterocycles. The Balaban J connectivity index is 2.37. The Bertz CT molecular complexity index is 447. The fraction of sp³-hybridized carbons (Fsp3) is 0.111. The molecular weight excluding hydrogens is 207 g/mol. The van der Waals surface area contributed by atoms with E-state index >= 15 is 0 Å². The lowest BCUT2D eigenvalue weighted by molar-refractivity contribution is -0.213. The van der Waals surface area contributed by atoms with Crippen LogP contribution in [0.25, 0.3) is 11.3 Å². The normalized spacial score (nSPS) is 11.7. The summed E-state index contributed by atoms with van der Waals surface area (Å²) in [5.41, 5.74) is 0.806. The van der Waals surface area contributed by atoms with Gasteiger partial charge in [-0.2, -0.15) is 4.68 Å². The number of hydrogen-bond donors (Lipinski definition) is 0. The fourth-order valence-corrected chi connectivity index (χ4v) is 1.13. The average Bonchev–Trinajstić information content (AvgIpc) is 2.67. The fourth-order valence-electron chi connectivity index (χ4n) is 1.13. The zero-order chi connectivity index (χ0) is 10.9. The van der Waals surface area contributed by atoms with Gasteiger partial charge in [0.05, 0.1) is 6.20 Å². The highest BCUT2D eigenvalue weighted by Crippen LogP contribution is 2.23. The van der Waals surface area contributed by atoms with E-state index in [1.807, 2.05) is 0 Å². The lowest BCUT2D eigenvalue weighted by atomic mass is 10.2. The number of nitrogens with zero attached hydrogens (tertiary/aromatic N) is 3. The summed E-state index contributed by atoms with van der Waals surface area (Å²) in [4.78, 5) is 0. The van der Waals surface area contributed by atoms with Crippen LogP contribution in [0.4, 0.5) is 13.2 Å². The first kappa shape index (κ1) is 9.70. The predicted molar refractivity (Wildman–Crippen MR) is 46.8 cm³/mol. The lowest BCUT2D eigenvalue weighted by Crippen LogP contribution is -2.17. The van der Waals surface area contributed by atoms with Gasteiger partial charge in [-0.25, -0.2) is 0 Å². The van der Waals surface area contributed by atoms with Crippen molar-refractivity contribution in [1.82, 2.24) is 15.0 Å². The van der Waals surface area contributed by atoms with Gasteiger partial charge >= 0.3 is 6.30 Å². The molecule has 0 aliphatic carbocycles. The molecule has 0 bridgehead atoms. The van der Waals surface area contributed by atoms with Crippen molar-refractivity contribution in [3.63, 3.8) is 0 Å². The smallest absolute Gasteiger partial charge is 0.158 e. The van der Waals surface area contributed by atoms with Gasteiger partial charge in [-0.3, -0.25) is 0 Å². The van der Waals surface area contributed by atoms with Crippen LogP contribution in [0.3, 0.4) is 0 Å². The highest BCUT2D eigenvalue weighted by atomic mass is 19.4. The van der Waals surface area contributed by atoms with Crippen LogP contribution in [0.5, 0.6) is 0 Å². The summed E-state index contributed by atoms with van der Waals surface area (Å²) in [5, 5.41) is 6.45. The molecule has 0 spiro atoms. The second-order valence-electron chi connectivity index (χ2n) is 2.88. The Morgan fingerprint density at radius 3 is 2.27 bits per heavy atom. The molecule has 78 valence electrons. The molecule has 1 heterocycles. The first-order valence-electron chi connectivity index (χ1n) is 4.12. The van der Waals surface area contributed by atoms with Gasteiger partial charge < -0.3 is 0 Å². The van der Waals surface area contributed by atoms with Crippen LogP contribution in [0.2, 0.25) is 0 Å². The van der Waals surface area contributed by atoms with Crippen molar-refractivity contribution in [3.8, 4) is 11.3 Å². The average molecular weight is 213 g/mol. The molecule has 3 nitrogen and oxygen atoms in total. The topological polar surface area (TPSA) is 30.7 Å². The quantitative estimate of drug-likeness (QED) is 0.728. The van der Waals surface area contributed by atoms with Crippen LogP contribution < -0.4 is 0 Å². The number of hydrogen-bond acceptors (Lipinski definition) is 2. The van der Waals surface area contributed by atoms with Crippen molar-refractivity contribution >= 4 is 0 Å². The molecule has 1 aromatic heterocycles. The number of benzene rings is 1. The number of rotatable bonds is 1. The van der Waals surface area contributed by atoms with Crippen molar-refractivity contribution in [2.45, 2.75) is 6.30 Å². The van der Waals surface area contributed by atoms with Crippen LogP contribution in [0, 0.1) is 0 Å². The second-order valence-corrected chi connectivity index (χ2v) is 2.88. The monoisotopic (exact) mass is 213 g/mol. The molecule has 0 atom stereocenters. The Morgan fingerprint density at radius 2 is 1.73 bits per heavy atom. The van der Waals surface area contributed by atoms with Gasteiger partial charge in [0.25, 0.3) is 0 Å². The van der Waals surface area contributed by atoms with E-state index in [0.29, 0.717) is 5.56 Å². The van der Waals surface area contributed by atoms with Gasteiger partial charge in [0.15, 0.2) is 0 Å². The van der Waals surface area contributed by atoms with Crippen LogP contribution >= 0.6 is 0 Å². The molecule has 15 heavy (non-hydrogen) atoms. The second kappa shape index (κ2) is 3.38. The molecule has 0 amide bonds. The molecule has 1 aromatic carbocycles. The number of aromatic nitrogens is 3. The van der Waals surface area contributed by atoms with Gasteiger partial charge in [-0.15, -0.1) is 18.3 Å². The summed E-state index contributed by atoms with van der Waals surface area (Å²) >= 11 is 0. The maximum atomic E-state index is 12.2. The Hall–Kier alpha value is -1.85. The van der Waals surface area contributed by atoms with Gasteiger partial charge in [-0.05, 0) is 0 Å². The van der Waals surface area contributed by atoms with E-state index in [0.717, 1.165) is 6.20 Å². The molecule has 0 aliphatic heterocycles. The number of alkyl halides is 3. The van der Waals surface area contributed by atoms with Gasteiger partial charge in [0.2, 0.25) is 0 Å². The molecular formula is C9H6F3N3. The molecule has 0 N–H and O–H groups in total. The molecule has 0 aliphatic rings. The molecule has 0 fully saturated rings. The summed E-state index contributed by atoms with van der Waals surface area (Å²) in [6.45, 7) is 0. The molecule has 6 heteroatoms. The van der Waals surface area contributed by atoms with Crippen molar-refractivity contribution in [2.75, 3.05) is 0 Å². The van der Waals surface area contributed by atoms with Gasteiger partial charge in [0, 0.05) is 5.56 Å². The molecule has 0 radical (unpaired) electrons. The molecule has 2 aromatic rings. The zero-order valence-electron chi connectivity index (χ0n) is 7.44. The van der Waals surface area contributed by atoms with Crippen LogP contribution in [0.15, 0.2) is 36.5 Å². The number of halogens is 3. The lowest BCUT2D eigenvalue weighted by Gasteiger charge is -2.02. The maximum Gasteiger partial charge on any atom is 0.505 e. The van der Waals surface area contributed by atoms with Crippen molar-refractivity contribution < 1.29 is 13.2 Å². The summed E-state index contributed by atoms with van der Waals surface area (Å²) in [7, 11) is 0. The summed E-state index contributed by atoms with van der Waals surface area (Å²) in [6, 6.07) is 8.57. The molecule has 2 rings (SSSR count). The minimum atomic E-state index is -4.51. The first-order chi connectivity index (χ1) is 7.07. The zero-order valence-corrected chi connectivity index (χ0v) is 7.44. The predicted octanol–water partition coefficient (Wildman–Crippen LogP) is 2.42. The third-order valence-corrected chi connectivity index (χ3v) is 1.82. The van der Waals surface area contributed by atoms with E-state index in [1.165, 1.54) is 0 Å². The van der Waals surface area contributed by atoms with Crippen molar-refractivity contribution in [3.05, 3.63) is 36.5 Å². The Labute approximate surface area is 83.1 Å². The summed E-state index contributed by atoms with van der Waals surface area (Å²) in [6.07, 6.45) is -3.66. The van der Waals surface area contributed by atoms with Crippen molar-refractivity contribution in [1.29, 1.82) is 0 Å². The van der Waals surface area contributed by atoms with Gasteiger partial charge in [-0.1, -0.05) is 35.5 Å². The van der Waals surface area contributed by atoms with E-state index in [-0.39, 0.29) is 10.4 Å². The highest BCUT2D eigenvalue weighted by molar-refractivity contribution is 5.57. The first-order valence-corrected chi connectivity index (χ1v) is 4.12. The Morgan fingerprint density at radius 1 is 1.07 bits per heavy atom.